The molecule has 1 aliphatic heterocycles. The predicted molar refractivity (Wildman–Crippen MR) is 84.0 cm³/mol. The Morgan fingerprint density at radius 3 is 2.82 bits per heavy atom. The smallest absolute Gasteiger partial charge is 0.251 e. The summed E-state index contributed by atoms with van der Waals surface area (Å²) in [6.45, 7) is 0.256. The molecular formula is C18H20N2O2. The summed E-state index contributed by atoms with van der Waals surface area (Å²) >= 11 is 0. The highest BCUT2D eigenvalue weighted by Crippen LogP contribution is 2.28. The lowest BCUT2D eigenvalue weighted by molar-refractivity contribution is -0.118. The van der Waals surface area contributed by atoms with Crippen molar-refractivity contribution in [2.45, 2.75) is 38.1 Å². The Bertz CT molecular complexity index is 624. The van der Waals surface area contributed by atoms with Gasteiger partial charge in [-0.25, -0.2) is 0 Å². The lowest BCUT2D eigenvalue weighted by Gasteiger charge is -2.27. The highest BCUT2D eigenvalue weighted by Gasteiger charge is 2.26. The summed E-state index contributed by atoms with van der Waals surface area (Å²) in [7, 11) is 0. The zero-order chi connectivity index (χ0) is 15.4. The number of carbonyl (C=O) groups is 1. The number of para-hydroxylation sites is 1. The topological polar surface area (TPSA) is 62.1 Å². The molecule has 0 aromatic heterocycles. The fourth-order valence-electron chi connectivity index (χ4n) is 3.20. The maximum atomic E-state index is 12.4. The largest absolute Gasteiger partial charge is 0.488 e. The van der Waals surface area contributed by atoms with E-state index in [0.717, 1.165) is 37.0 Å². The number of fused-ring (bicyclic) bond motifs is 1. The molecule has 114 valence electrons. The Hall–Kier alpha value is -2.28. The van der Waals surface area contributed by atoms with Gasteiger partial charge in [-0.15, -0.1) is 0 Å². The van der Waals surface area contributed by atoms with Crippen molar-refractivity contribution in [3.8, 4) is 11.8 Å². The molecule has 0 bridgehead atoms. The molecule has 1 fully saturated rings. The molecule has 1 N–H and O–H groups in total. The molecule has 0 spiro atoms. The molecular weight excluding hydrogens is 276 g/mol. The zero-order valence-electron chi connectivity index (χ0n) is 12.5. The highest BCUT2D eigenvalue weighted by molar-refractivity contribution is 5.99. The summed E-state index contributed by atoms with van der Waals surface area (Å²) < 4.78 is 5.61. The van der Waals surface area contributed by atoms with E-state index in [-0.39, 0.29) is 18.4 Å². The highest BCUT2D eigenvalue weighted by atomic mass is 16.5. The van der Waals surface area contributed by atoms with Crippen LogP contribution in [0.4, 0.5) is 0 Å². The molecule has 1 atom stereocenters. The molecule has 2 aliphatic rings. The fraction of sp³-hybridized carbons (Fsp3) is 0.444. The molecule has 22 heavy (non-hydrogen) atoms. The van der Waals surface area contributed by atoms with Crippen LogP contribution in [0.15, 0.2) is 29.8 Å². The number of ether oxygens (including phenoxy) is 1. The van der Waals surface area contributed by atoms with Crippen LogP contribution in [0.5, 0.6) is 5.75 Å². The molecule has 0 unspecified atom stereocenters. The normalized spacial score (nSPS) is 19.1. The summed E-state index contributed by atoms with van der Waals surface area (Å²) in [5, 5.41) is 12.3. The molecule has 0 radical (unpaired) electrons. The van der Waals surface area contributed by atoms with Crippen molar-refractivity contribution in [2.24, 2.45) is 5.92 Å². The summed E-state index contributed by atoms with van der Waals surface area (Å²) in [6.07, 6.45) is 7.44. The molecule has 1 aromatic carbocycles. The Kier molecular flexibility index (Phi) is 4.43. The van der Waals surface area contributed by atoms with Crippen molar-refractivity contribution in [1.29, 1.82) is 5.26 Å². The van der Waals surface area contributed by atoms with Gasteiger partial charge in [0.2, 0.25) is 0 Å². The fourth-order valence-corrected chi connectivity index (χ4v) is 3.20. The number of nitrogens with one attached hydrogen (secondary N) is 1. The van der Waals surface area contributed by atoms with Gasteiger partial charge in [0, 0.05) is 5.56 Å². The third-order valence-corrected chi connectivity index (χ3v) is 4.47. The second-order valence-corrected chi connectivity index (χ2v) is 5.97. The summed E-state index contributed by atoms with van der Waals surface area (Å²) in [5.74, 6) is 0.884. The van der Waals surface area contributed by atoms with E-state index in [1.165, 1.54) is 6.42 Å². The van der Waals surface area contributed by atoms with E-state index in [4.69, 9.17) is 4.74 Å². The van der Waals surface area contributed by atoms with Crippen LogP contribution < -0.4 is 10.1 Å². The standard InChI is InChI=1S/C18H20N2O2/c19-11-16(13-6-2-1-3-7-13)20-18(21)15-10-14-8-4-5-9-17(14)22-12-15/h4-5,8-10,13,16H,1-3,6-7,12H2,(H,20,21)/t16-/m1/s1. The van der Waals surface area contributed by atoms with Crippen molar-refractivity contribution in [3.05, 3.63) is 35.4 Å². The minimum absolute atomic E-state index is 0.188. The molecule has 4 heteroatoms. The first-order valence-corrected chi connectivity index (χ1v) is 7.91. The third kappa shape index (κ3) is 3.14. The van der Waals surface area contributed by atoms with Gasteiger partial charge in [0.05, 0.1) is 11.6 Å². The number of hydrogen-bond donors (Lipinski definition) is 1. The number of nitrogens with zero attached hydrogens (tertiary/aromatic N) is 1. The van der Waals surface area contributed by atoms with Crippen molar-refractivity contribution in [2.75, 3.05) is 6.61 Å². The average Bonchev–Trinajstić information content (AvgIpc) is 2.59. The number of carbonyl (C=O) groups excluding carboxylic acids is 1. The average molecular weight is 296 g/mol. The lowest BCUT2D eigenvalue weighted by Crippen LogP contribution is -2.41. The number of amides is 1. The number of nitriles is 1. The van der Waals surface area contributed by atoms with E-state index in [1.807, 2.05) is 30.3 Å². The van der Waals surface area contributed by atoms with Gasteiger partial charge in [0.15, 0.2) is 0 Å². The van der Waals surface area contributed by atoms with Gasteiger partial charge < -0.3 is 10.1 Å². The lowest BCUT2D eigenvalue weighted by atomic mass is 9.84. The van der Waals surface area contributed by atoms with Gasteiger partial charge in [-0.3, -0.25) is 4.79 Å². The van der Waals surface area contributed by atoms with Gasteiger partial charge in [-0.05, 0) is 30.9 Å². The molecule has 1 heterocycles. The Morgan fingerprint density at radius 2 is 2.05 bits per heavy atom. The molecule has 0 saturated heterocycles. The Balaban J connectivity index is 1.69. The second kappa shape index (κ2) is 6.65. The number of rotatable bonds is 3. The summed E-state index contributed by atoms with van der Waals surface area (Å²) in [4.78, 5) is 12.4. The molecule has 1 amide bonds. The van der Waals surface area contributed by atoms with E-state index in [2.05, 4.69) is 11.4 Å². The third-order valence-electron chi connectivity index (χ3n) is 4.47. The summed E-state index contributed by atoms with van der Waals surface area (Å²) in [5.41, 5.74) is 1.49. The van der Waals surface area contributed by atoms with Crippen LogP contribution in [0.3, 0.4) is 0 Å². The van der Waals surface area contributed by atoms with Gasteiger partial charge in [-0.1, -0.05) is 37.5 Å². The maximum absolute atomic E-state index is 12.4. The van der Waals surface area contributed by atoms with Crippen molar-refractivity contribution >= 4 is 12.0 Å². The number of hydrogen-bond acceptors (Lipinski definition) is 3. The van der Waals surface area contributed by atoms with Crippen LogP contribution in [0.2, 0.25) is 0 Å². The monoisotopic (exact) mass is 296 g/mol. The van der Waals surface area contributed by atoms with Gasteiger partial charge in [0.1, 0.15) is 18.4 Å². The van der Waals surface area contributed by atoms with Crippen molar-refractivity contribution < 1.29 is 9.53 Å². The first kappa shape index (κ1) is 14.6. The Morgan fingerprint density at radius 1 is 1.27 bits per heavy atom. The van der Waals surface area contributed by atoms with E-state index in [1.54, 1.807) is 0 Å². The molecule has 3 rings (SSSR count). The molecule has 1 aliphatic carbocycles. The predicted octanol–water partition coefficient (Wildman–Crippen LogP) is 3.05. The van der Waals surface area contributed by atoms with Gasteiger partial charge in [-0.2, -0.15) is 5.26 Å². The SMILES string of the molecule is N#C[C@@H](NC(=O)C1=Cc2ccccc2OC1)C1CCCCC1. The van der Waals surface area contributed by atoms with E-state index >= 15 is 0 Å². The van der Waals surface area contributed by atoms with Crippen LogP contribution in [0.25, 0.3) is 6.08 Å². The Labute approximate surface area is 130 Å². The van der Waals surface area contributed by atoms with E-state index in [9.17, 15) is 10.1 Å². The number of benzene rings is 1. The molecule has 1 aromatic rings. The summed E-state index contributed by atoms with van der Waals surface area (Å²) in [6, 6.07) is 9.50. The van der Waals surface area contributed by atoms with Crippen LogP contribution in [0.1, 0.15) is 37.7 Å². The van der Waals surface area contributed by atoms with Crippen molar-refractivity contribution in [1.82, 2.24) is 5.32 Å². The minimum Gasteiger partial charge on any atom is -0.488 e. The minimum atomic E-state index is -0.397. The van der Waals surface area contributed by atoms with Gasteiger partial charge >= 0.3 is 0 Å². The molecule has 1 saturated carbocycles. The second-order valence-electron chi connectivity index (χ2n) is 5.97. The van der Waals surface area contributed by atoms with Crippen LogP contribution >= 0.6 is 0 Å². The van der Waals surface area contributed by atoms with Crippen molar-refractivity contribution in [3.63, 3.8) is 0 Å². The van der Waals surface area contributed by atoms with Crippen LogP contribution in [-0.2, 0) is 4.79 Å². The van der Waals surface area contributed by atoms with Crippen LogP contribution in [-0.4, -0.2) is 18.6 Å². The first-order valence-electron chi connectivity index (χ1n) is 7.91. The van der Waals surface area contributed by atoms with E-state index < -0.39 is 6.04 Å². The van der Waals surface area contributed by atoms with Gasteiger partial charge in [0.25, 0.3) is 5.91 Å². The quantitative estimate of drug-likeness (QED) is 0.932. The van der Waals surface area contributed by atoms with Crippen LogP contribution in [0, 0.1) is 17.2 Å². The first-order chi connectivity index (χ1) is 10.8. The van der Waals surface area contributed by atoms with E-state index in [0.29, 0.717) is 5.57 Å². The zero-order valence-corrected chi connectivity index (χ0v) is 12.5. The molecule has 4 nitrogen and oxygen atoms in total. The maximum Gasteiger partial charge on any atom is 0.251 e.